The molecule has 7 nitrogen and oxygen atoms in total. The first-order valence-electron chi connectivity index (χ1n) is 13.9. The number of piperazine rings is 1. The molecule has 1 aromatic heterocycles. The SMILES string of the molecule is Cc1ccc(CN2CCN(c3ccc(OCC4COC(Cn5ccnc5)(c5ccc(Cl)cc5Cl)O4)cc3)CC2)cc1. The minimum absolute atomic E-state index is 0.272. The van der Waals surface area contributed by atoms with Crippen LogP contribution in [0.15, 0.2) is 85.5 Å². The number of hydrogen-bond donors (Lipinski definition) is 0. The Kier molecular flexibility index (Phi) is 8.51. The molecule has 0 radical (unpaired) electrons. The molecule has 2 aliphatic heterocycles. The molecule has 3 aromatic carbocycles. The van der Waals surface area contributed by atoms with E-state index in [1.165, 1.54) is 16.8 Å². The van der Waals surface area contributed by atoms with E-state index in [2.05, 4.69) is 58.1 Å². The molecule has 0 spiro atoms. The van der Waals surface area contributed by atoms with E-state index in [9.17, 15) is 0 Å². The molecular weight excluding hydrogens is 559 g/mol. The third-order valence-electron chi connectivity index (χ3n) is 7.69. The highest BCUT2D eigenvalue weighted by Gasteiger charge is 2.45. The first-order chi connectivity index (χ1) is 20.0. The Morgan fingerprint density at radius 1 is 0.976 bits per heavy atom. The van der Waals surface area contributed by atoms with Gasteiger partial charge in [0.05, 0.1) is 24.5 Å². The number of halogens is 2. The van der Waals surface area contributed by atoms with Crippen molar-refractivity contribution >= 4 is 28.9 Å². The smallest absolute Gasteiger partial charge is 0.215 e. The second kappa shape index (κ2) is 12.4. The van der Waals surface area contributed by atoms with Crippen LogP contribution in [0.25, 0.3) is 0 Å². The summed E-state index contributed by atoms with van der Waals surface area (Å²) in [6.07, 6.45) is 5.05. The van der Waals surface area contributed by atoms with E-state index in [4.69, 9.17) is 37.4 Å². The Hall–Kier alpha value is -3.07. The highest BCUT2D eigenvalue weighted by Crippen LogP contribution is 2.40. The van der Waals surface area contributed by atoms with E-state index in [-0.39, 0.29) is 6.10 Å². The predicted octanol–water partition coefficient (Wildman–Crippen LogP) is 6.17. The lowest BCUT2D eigenvalue weighted by atomic mass is 10.1. The summed E-state index contributed by atoms with van der Waals surface area (Å²) in [4.78, 5) is 9.11. The fourth-order valence-corrected chi connectivity index (χ4v) is 5.99. The van der Waals surface area contributed by atoms with Crippen molar-refractivity contribution in [3.63, 3.8) is 0 Å². The van der Waals surface area contributed by atoms with Gasteiger partial charge in [-0.25, -0.2) is 4.98 Å². The van der Waals surface area contributed by atoms with Gasteiger partial charge in [-0.2, -0.15) is 0 Å². The van der Waals surface area contributed by atoms with Gasteiger partial charge in [0.25, 0.3) is 0 Å². The number of ether oxygens (including phenoxy) is 3. The largest absolute Gasteiger partial charge is 0.491 e. The number of rotatable bonds is 9. The molecule has 0 amide bonds. The Labute approximate surface area is 251 Å². The molecule has 0 aliphatic carbocycles. The number of imidazole rings is 1. The van der Waals surface area contributed by atoms with Crippen LogP contribution in [0, 0.1) is 6.92 Å². The summed E-state index contributed by atoms with van der Waals surface area (Å²) in [6, 6.07) is 22.5. The standard InChI is InChI=1S/C32H34Cl2N4O3/c1-24-2-4-25(5-3-24)19-36-14-16-38(17-15-36)27-7-9-28(10-8-27)39-20-29-21-40-32(41-29,22-37-13-12-35-23-37)30-11-6-26(33)18-31(30)34/h2-13,18,23,29H,14-17,19-22H2,1H3. The maximum atomic E-state index is 6.58. The third kappa shape index (κ3) is 6.71. The predicted molar refractivity (Wildman–Crippen MR) is 162 cm³/mol. The normalized spacial score (nSPS) is 21.3. The zero-order valence-corrected chi connectivity index (χ0v) is 24.6. The van der Waals surface area contributed by atoms with Crippen molar-refractivity contribution in [2.75, 3.05) is 44.3 Å². The molecule has 0 saturated carbocycles. The van der Waals surface area contributed by atoms with Crippen LogP contribution in [0.2, 0.25) is 10.0 Å². The second-order valence-electron chi connectivity index (χ2n) is 10.7. The van der Waals surface area contributed by atoms with Crippen molar-refractivity contribution < 1.29 is 14.2 Å². The molecule has 2 atom stereocenters. The molecular formula is C32H34Cl2N4O3. The van der Waals surface area contributed by atoms with Gasteiger partial charge in [0.15, 0.2) is 0 Å². The minimum atomic E-state index is -1.07. The third-order valence-corrected chi connectivity index (χ3v) is 8.24. The minimum Gasteiger partial charge on any atom is -0.491 e. The monoisotopic (exact) mass is 592 g/mol. The molecule has 2 unspecified atom stereocenters. The van der Waals surface area contributed by atoms with Gasteiger partial charge in [-0.1, -0.05) is 59.1 Å². The molecule has 4 aromatic rings. The van der Waals surface area contributed by atoms with Gasteiger partial charge in [0, 0.05) is 61.4 Å². The lowest BCUT2D eigenvalue weighted by Gasteiger charge is -2.36. The Morgan fingerprint density at radius 2 is 1.76 bits per heavy atom. The molecule has 2 fully saturated rings. The van der Waals surface area contributed by atoms with Crippen LogP contribution in [-0.2, 0) is 28.4 Å². The topological polar surface area (TPSA) is 52.0 Å². The van der Waals surface area contributed by atoms with Crippen LogP contribution in [0.5, 0.6) is 5.75 Å². The van der Waals surface area contributed by atoms with E-state index >= 15 is 0 Å². The van der Waals surface area contributed by atoms with Crippen molar-refractivity contribution in [2.45, 2.75) is 31.9 Å². The maximum Gasteiger partial charge on any atom is 0.215 e. The number of hydrogen-bond acceptors (Lipinski definition) is 6. The first kappa shape index (κ1) is 28.1. The number of aryl methyl sites for hydroxylation is 1. The summed E-state index contributed by atoms with van der Waals surface area (Å²) in [6.45, 7) is 8.36. The van der Waals surface area contributed by atoms with Gasteiger partial charge in [-0.15, -0.1) is 0 Å². The fourth-order valence-electron chi connectivity index (χ4n) is 5.43. The van der Waals surface area contributed by atoms with Gasteiger partial charge in [0.1, 0.15) is 18.5 Å². The van der Waals surface area contributed by atoms with Crippen LogP contribution >= 0.6 is 23.2 Å². The molecule has 214 valence electrons. The molecule has 9 heteroatoms. The van der Waals surface area contributed by atoms with Gasteiger partial charge in [-0.05, 0) is 48.9 Å². The van der Waals surface area contributed by atoms with Crippen LogP contribution < -0.4 is 9.64 Å². The average molecular weight is 594 g/mol. The van der Waals surface area contributed by atoms with Crippen LogP contribution in [0.4, 0.5) is 5.69 Å². The fraction of sp³-hybridized carbons (Fsp3) is 0.344. The van der Waals surface area contributed by atoms with Crippen LogP contribution in [-0.4, -0.2) is 59.9 Å². The van der Waals surface area contributed by atoms with Crippen molar-refractivity contribution in [3.05, 3.63) is 112 Å². The summed E-state index contributed by atoms with van der Waals surface area (Å²) in [5, 5.41) is 1.05. The quantitative estimate of drug-likeness (QED) is 0.232. The van der Waals surface area contributed by atoms with Crippen molar-refractivity contribution in [3.8, 4) is 5.75 Å². The number of anilines is 1. The second-order valence-corrected chi connectivity index (χ2v) is 11.6. The zero-order valence-electron chi connectivity index (χ0n) is 23.1. The van der Waals surface area contributed by atoms with Gasteiger partial charge in [0.2, 0.25) is 5.79 Å². The number of benzene rings is 3. The molecule has 6 rings (SSSR count). The zero-order chi connectivity index (χ0) is 28.2. The Balaban J connectivity index is 1.03. The Morgan fingerprint density at radius 3 is 2.46 bits per heavy atom. The lowest BCUT2D eigenvalue weighted by Crippen LogP contribution is -2.45. The molecule has 2 aliphatic rings. The highest BCUT2D eigenvalue weighted by atomic mass is 35.5. The maximum absolute atomic E-state index is 6.58. The summed E-state index contributed by atoms with van der Waals surface area (Å²) in [5.41, 5.74) is 4.61. The van der Waals surface area contributed by atoms with Crippen molar-refractivity contribution in [2.24, 2.45) is 0 Å². The Bertz CT molecular complexity index is 1420. The van der Waals surface area contributed by atoms with Crippen molar-refractivity contribution in [1.29, 1.82) is 0 Å². The van der Waals surface area contributed by atoms with E-state index in [0.29, 0.717) is 29.8 Å². The average Bonchev–Trinajstić information content (AvgIpc) is 3.64. The van der Waals surface area contributed by atoms with Crippen LogP contribution in [0.3, 0.4) is 0 Å². The molecule has 0 N–H and O–H groups in total. The number of nitrogens with zero attached hydrogens (tertiary/aromatic N) is 4. The number of aromatic nitrogens is 2. The summed E-state index contributed by atoms with van der Waals surface area (Å²) in [7, 11) is 0. The van der Waals surface area contributed by atoms with E-state index in [1.807, 2.05) is 29.0 Å². The molecule has 0 bridgehead atoms. The van der Waals surface area contributed by atoms with Crippen LogP contribution in [0.1, 0.15) is 16.7 Å². The summed E-state index contributed by atoms with van der Waals surface area (Å²) >= 11 is 12.7. The first-order valence-corrected chi connectivity index (χ1v) is 14.7. The van der Waals surface area contributed by atoms with Gasteiger partial charge >= 0.3 is 0 Å². The molecule has 2 saturated heterocycles. The van der Waals surface area contributed by atoms with Gasteiger partial charge in [-0.3, -0.25) is 4.90 Å². The van der Waals surface area contributed by atoms with Crippen molar-refractivity contribution in [1.82, 2.24) is 14.5 Å². The van der Waals surface area contributed by atoms with E-state index in [0.717, 1.165) is 44.0 Å². The molecule has 41 heavy (non-hydrogen) atoms. The summed E-state index contributed by atoms with van der Waals surface area (Å²) in [5.74, 6) is -0.269. The van der Waals surface area contributed by atoms with E-state index < -0.39 is 5.79 Å². The lowest BCUT2D eigenvalue weighted by molar-refractivity contribution is -0.189. The summed E-state index contributed by atoms with van der Waals surface area (Å²) < 4.78 is 20.8. The molecule has 3 heterocycles. The van der Waals surface area contributed by atoms with E-state index in [1.54, 1.807) is 24.7 Å². The highest BCUT2D eigenvalue weighted by molar-refractivity contribution is 6.35. The van der Waals surface area contributed by atoms with Gasteiger partial charge < -0.3 is 23.7 Å².